The fourth-order valence-electron chi connectivity index (χ4n) is 3.17. The molecule has 0 unspecified atom stereocenters. The minimum absolute atomic E-state index is 0.116. The molecule has 0 radical (unpaired) electrons. The quantitative estimate of drug-likeness (QED) is 0.634. The molecular formula is C21H18N2O5. The van der Waals surface area contributed by atoms with Gasteiger partial charge in [0.1, 0.15) is 11.6 Å². The molecule has 0 N–H and O–H groups in total. The van der Waals surface area contributed by atoms with E-state index >= 15 is 0 Å². The molecule has 2 heterocycles. The van der Waals surface area contributed by atoms with Crippen LogP contribution in [0, 0.1) is 11.3 Å². The smallest absolute Gasteiger partial charge is 0.340 e. The maximum absolute atomic E-state index is 13.0. The molecule has 0 atom stereocenters. The highest BCUT2D eigenvalue weighted by atomic mass is 16.5. The molecule has 7 nitrogen and oxygen atoms in total. The molecule has 0 fully saturated rings. The average Bonchev–Trinajstić information content (AvgIpc) is 2.73. The van der Waals surface area contributed by atoms with E-state index in [2.05, 4.69) is 0 Å². The van der Waals surface area contributed by atoms with Crippen LogP contribution in [0.4, 0.5) is 0 Å². The van der Waals surface area contributed by atoms with Crippen molar-refractivity contribution in [2.45, 2.75) is 6.92 Å². The van der Waals surface area contributed by atoms with Crippen molar-refractivity contribution in [1.29, 1.82) is 5.26 Å². The molecule has 0 saturated heterocycles. The summed E-state index contributed by atoms with van der Waals surface area (Å²) < 4.78 is 17.3. The molecule has 2 aromatic heterocycles. The maximum atomic E-state index is 13.0. The number of para-hydroxylation sites is 1. The number of fused-ring (bicyclic) bond motifs is 1. The van der Waals surface area contributed by atoms with Gasteiger partial charge in [0.25, 0.3) is 5.56 Å². The number of ether oxygens (including phenoxy) is 3. The van der Waals surface area contributed by atoms with Gasteiger partial charge in [-0.2, -0.15) is 5.26 Å². The summed E-state index contributed by atoms with van der Waals surface area (Å²) in [5.41, 5.74) is 0.289. The number of nitriles is 1. The SMILES string of the molecule is CCOC(=O)c1c(-c2cccc(OC)c2OC)c(C#N)c(=O)n2ccccc12. The molecule has 0 spiro atoms. The molecule has 0 amide bonds. The molecule has 0 bridgehead atoms. The highest BCUT2D eigenvalue weighted by Crippen LogP contribution is 2.41. The van der Waals surface area contributed by atoms with Gasteiger partial charge in [0, 0.05) is 17.3 Å². The summed E-state index contributed by atoms with van der Waals surface area (Å²) in [4.78, 5) is 25.8. The van der Waals surface area contributed by atoms with Gasteiger partial charge in [0.15, 0.2) is 11.5 Å². The number of methoxy groups -OCH3 is 2. The van der Waals surface area contributed by atoms with Crippen molar-refractivity contribution in [2.24, 2.45) is 0 Å². The molecule has 7 heteroatoms. The van der Waals surface area contributed by atoms with E-state index in [0.29, 0.717) is 22.6 Å². The van der Waals surface area contributed by atoms with Crippen molar-refractivity contribution < 1.29 is 19.0 Å². The van der Waals surface area contributed by atoms with Crippen molar-refractivity contribution in [3.05, 3.63) is 64.1 Å². The van der Waals surface area contributed by atoms with E-state index in [1.807, 2.05) is 6.07 Å². The molecule has 0 saturated carbocycles. The fourth-order valence-corrected chi connectivity index (χ4v) is 3.17. The number of benzene rings is 1. The summed E-state index contributed by atoms with van der Waals surface area (Å²) in [6.07, 6.45) is 1.51. The van der Waals surface area contributed by atoms with Crippen LogP contribution in [0.2, 0.25) is 0 Å². The monoisotopic (exact) mass is 378 g/mol. The van der Waals surface area contributed by atoms with Crippen LogP contribution >= 0.6 is 0 Å². The minimum atomic E-state index is -0.637. The minimum Gasteiger partial charge on any atom is -0.493 e. The third kappa shape index (κ3) is 2.95. The molecule has 3 aromatic rings. The third-order valence-electron chi connectivity index (χ3n) is 4.31. The first-order valence-corrected chi connectivity index (χ1v) is 8.54. The lowest BCUT2D eigenvalue weighted by Gasteiger charge is -2.18. The molecule has 3 rings (SSSR count). The second-order valence-electron chi connectivity index (χ2n) is 5.76. The van der Waals surface area contributed by atoms with Gasteiger partial charge in [-0.3, -0.25) is 9.20 Å². The van der Waals surface area contributed by atoms with E-state index in [0.717, 1.165) is 0 Å². The van der Waals surface area contributed by atoms with Gasteiger partial charge in [0.2, 0.25) is 0 Å². The highest BCUT2D eigenvalue weighted by Gasteiger charge is 2.27. The number of carbonyl (C=O) groups is 1. The molecule has 0 aliphatic heterocycles. The van der Waals surface area contributed by atoms with Crippen LogP contribution in [-0.4, -0.2) is 31.2 Å². The molecular weight excluding hydrogens is 360 g/mol. The van der Waals surface area contributed by atoms with E-state index in [1.165, 1.54) is 24.8 Å². The highest BCUT2D eigenvalue weighted by molar-refractivity contribution is 6.06. The fraction of sp³-hybridized carbons (Fsp3) is 0.190. The summed E-state index contributed by atoms with van der Waals surface area (Å²) in [6.45, 7) is 1.83. The Bertz CT molecular complexity index is 1160. The topological polar surface area (TPSA) is 90.0 Å². The van der Waals surface area contributed by atoms with E-state index in [1.54, 1.807) is 43.3 Å². The van der Waals surface area contributed by atoms with Gasteiger partial charge < -0.3 is 14.2 Å². The number of nitrogens with zero attached hydrogens (tertiary/aromatic N) is 2. The molecule has 28 heavy (non-hydrogen) atoms. The van der Waals surface area contributed by atoms with Crippen molar-refractivity contribution >= 4 is 11.5 Å². The Morgan fingerprint density at radius 3 is 2.57 bits per heavy atom. The van der Waals surface area contributed by atoms with Gasteiger partial charge in [-0.25, -0.2) is 4.79 Å². The van der Waals surface area contributed by atoms with Crippen LogP contribution < -0.4 is 15.0 Å². The van der Waals surface area contributed by atoms with Gasteiger partial charge in [-0.05, 0) is 25.1 Å². The number of hydrogen-bond donors (Lipinski definition) is 0. The van der Waals surface area contributed by atoms with Gasteiger partial charge in [0.05, 0.1) is 31.9 Å². The van der Waals surface area contributed by atoms with E-state index in [4.69, 9.17) is 14.2 Å². The largest absolute Gasteiger partial charge is 0.493 e. The van der Waals surface area contributed by atoms with Gasteiger partial charge in [-0.1, -0.05) is 18.2 Å². The normalized spacial score (nSPS) is 10.4. The summed E-state index contributed by atoms with van der Waals surface area (Å²) in [7, 11) is 2.93. The maximum Gasteiger partial charge on any atom is 0.340 e. The third-order valence-corrected chi connectivity index (χ3v) is 4.31. The predicted molar refractivity (Wildman–Crippen MR) is 103 cm³/mol. The second-order valence-corrected chi connectivity index (χ2v) is 5.76. The van der Waals surface area contributed by atoms with Crippen LogP contribution in [0.25, 0.3) is 16.6 Å². The average molecular weight is 378 g/mol. The first kappa shape index (κ1) is 19.0. The Labute approximate surface area is 161 Å². The Balaban J connectivity index is 2.56. The van der Waals surface area contributed by atoms with Crippen molar-refractivity contribution in [3.8, 4) is 28.7 Å². The number of aromatic nitrogens is 1. The lowest BCUT2D eigenvalue weighted by molar-refractivity contribution is 0.0529. The lowest BCUT2D eigenvalue weighted by atomic mass is 9.94. The summed E-state index contributed by atoms with van der Waals surface area (Å²) in [5.74, 6) is 0.0845. The molecule has 142 valence electrons. The Hall–Kier alpha value is -3.79. The van der Waals surface area contributed by atoms with Crippen LogP contribution in [0.1, 0.15) is 22.8 Å². The number of pyridine rings is 2. The predicted octanol–water partition coefficient (Wildman–Crippen LogP) is 3.03. The number of esters is 1. The Morgan fingerprint density at radius 2 is 1.93 bits per heavy atom. The number of carbonyl (C=O) groups excluding carboxylic acids is 1. The zero-order valence-electron chi connectivity index (χ0n) is 15.7. The zero-order chi connectivity index (χ0) is 20.3. The van der Waals surface area contributed by atoms with Crippen molar-refractivity contribution in [2.75, 3.05) is 20.8 Å². The zero-order valence-corrected chi connectivity index (χ0v) is 15.7. The van der Waals surface area contributed by atoms with E-state index in [9.17, 15) is 14.9 Å². The van der Waals surface area contributed by atoms with Gasteiger partial charge in [-0.15, -0.1) is 0 Å². The van der Waals surface area contributed by atoms with Crippen molar-refractivity contribution in [1.82, 2.24) is 4.40 Å². The van der Waals surface area contributed by atoms with Gasteiger partial charge >= 0.3 is 5.97 Å². The van der Waals surface area contributed by atoms with Crippen LogP contribution in [0.3, 0.4) is 0 Å². The summed E-state index contributed by atoms with van der Waals surface area (Å²) >= 11 is 0. The second kappa shape index (κ2) is 7.84. The summed E-state index contributed by atoms with van der Waals surface area (Å²) in [5, 5.41) is 9.76. The van der Waals surface area contributed by atoms with E-state index < -0.39 is 11.5 Å². The summed E-state index contributed by atoms with van der Waals surface area (Å²) in [6, 6.07) is 12.0. The van der Waals surface area contributed by atoms with E-state index in [-0.39, 0.29) is 23.3 Å². The van der Waals surface area contributed by atoms with Crippen LogP contribution in [-0.2, 0) is 4.74 Å². The van der Waals surface area contributed by atoms with Crippen LogP contribution in [0.5, 0.6) is 11.5 Å². The molecule has 0 aliphatic carbocycles. The molecule has 1 aromatic carbocycles. The first-order valence-electron chi connectivity index (χ1n) is 8.54. The Kier molecular flexibility index (Phi) is 5.32. The number of hydrogen-bond acceptors (Lipinski definition) is 6. The standard InChI is InChI=1S/C21H18N2O5/c1-4-28-21(25)18-15-9-5-6-11-23(15)20(24)14(12-22)17(18)13-8-7-10-16(26-2)19(13)27-3/h5-11H,4H2,1-3H3. The van der Waals surface area contributed by atoms with Crippen molar-refractivity contribution in [3.63, 3.8) is 0 Å². The Morgan fingerprint density at radius 1 is 1.14 bits per heavy atom. The molecule has 0 aliphatic rings. The first-order chi connectivity index (χ1) is 13.6. The number of rotatable bonds is 5. The van der Waals surface area contributed by atoms with Crippen LogP contribution in [0.15, 0.2) is 47.4 Å². The lowest BCUT2D eigenvalue weighted by Crippen LogP contribution is -2.22.